The summed E-state index contributed by atoms with van der Waals surface area (Å²) in [6.07, 6.45) is 2.86. The van der Waals surface area contributed by atoms with E-state index in [-0.39, 0.29) is 11.7 Å². The first-order chi connectivity index (χ1) is 9.40. The minimum Gasteiger partial charge on any atom is -0.393 e. The van der Waals surface area contributed by atoms with E-state index in [0.29, 0.717) is 12.1 Å². The predicted octanol–water partition coefficient (Wildman–Crippen LogP) is -0.544. The monoisotopic (exact) mass is 298 g/mol. The molecule has 0 saturated carbocycles. The summed E-state index contributed by atoms with van der Waals surface area (Å²) >= 11 is 4.41. The van der Waals surface area contributed by atoms with Gasteiger partial charge in [-0.25, -0.2) is 4.99 Å². The number of nitrogens with zero attached hydrogens (tertiary/aromatic N) is 2. The molecule has 2 aliphatic rings. The second kappa shape index (κ2) is 4.74. The third-order valence-corrected chi connectivity index (χ3v) is 4.14. The number of aliphatic hydroxyl groups excluding tert-OH is 2. The van der Waals surface area contributed by atoms with Crippen molar-refractivity contribution in [3.8, 4) is 0 Å². The van der Waals surface area contributed by atoms with Crippen LogP contribution in [0.2, 0.25) is 0 Å². The Morgan fingerprint density at radius 3 is 2.95 bits per heavy atom. The van der Waals surface area contributed by atoms with Crippen LogP contribution in [0.3, 0.4) is 0 Å². The van der Waals surface area contributed by atoms with E-state index < -0.39 is 18.1 Å². The van der Waals surface area contributed by atoms with Crippen LogP contribution in [0.4, 0.5) is 5.69 Å². The summed E-state index contributed by atoms with van der Waals surface area (Å²) in [6.45, 7) is 1.64. The largest absolute Gasteiger partial charge is 0.393 e. The summed E-state index contributed by atoms with van der Waals surface area (Å²) in [4.78, 5) is 6.97. The van der Waals surface area contributed by atoms with Gasteiger partial charge in [0.1, 0.15) is 12.0 Å². The number of nitrogens with one attached hydrogen (secondary N) is 2. The van der Waals surface area contributed by atoms with Crippen LogP contribution in [0.5, 0.6) is 0 Å². The van der Waals surface area contributed by atoms with Gasteiger partial charge in [0.15, 0.2) is 0 Å². The molecule has 0 spiro atoms. The highest BCUT2D eigenvalue weighted by Gasteiger charge is 2.47. The zero-order chi connectivity index (χ0) is 14.5. The molecule has 7 nitrogen and oxygen atoms in total. The molecule has 2 unspecified atom stereocenters. The van der Waals surface area contributed by atoms with Gasteiger partial charge in [-0.15, -0.1) is 0 Å². The van der Waals surface area contributed by atoms with Crippen molar-refractivity contribution in [2.24, 2.45) is 4.99 Å². The Morgan fingerprint density at radius 2 is 2.25 bits per heavy atom. The van der Waals surface area contributed by atoms with E-state index in [9.17, 15) is 15.3 Å². The summed E-state index contributed by atoms with van der Waals surface area (Å²) in [5.74, 6) is -1.40. The number of anilines is 1. The number of aromatic nitrogens is 1. The second-order valence-corrected chi connectivity index (χ2v) is 6.02. The first kappa shape index (κ1) is 13.9. The summed E-state index contributed by atoms with van der Waals surface area (Å²) in [5.41, 5.74) is 5.19. The minimum atomic E-state index is -1.40. The lowest BCUT2D eigenvalue weighted by Gasteiger charge is -2.20. The lowest BCUT2D eigenvalue weighted by atomic mass is 10.0. The van der Waals surface area contributed by atoms with Gasteiger partial charge in [0.2, 0.25) is 0 Å². The molecule has 0 aromatic carbocycles. The van der Waals surface area contributed by atoms with Crippen LogP contribution in [0.1, 0.15) is 24.6 Å². The molecule has 1 aromatic heterocycles. The van der Waals surface area contributed by atoms with Gasteiger partial charge in [-0.2, -0.15) is 18.1 Å². The Morgan fingerprint density at radius 1 is 1.50 bits per heavy atom. The average Bonchev–Trinajstić information content (AvgIpc) is 2.99. The predicted molar refractivity (Wildman–Crippen MR) is 77.6 cm³/mol. The molecule has 2 aliphatic heterocycles. The van der Waals surface area contributed by atoms with Crippen LogP contribution in [-0.2, 0) is 12.3 Å². The Hall–Kier alpha value is -1.06. The molecule has 0 saturated heterocycles. The summed E-state index contributed by atoms with van der Waals surface area (Å²) in [6, 6.07) is 0. The zero-order valence-corrected chi connectivity index (χ0v) is 11.9. The van der Waals surface area contributed by atoms with E-state index in [1.807, 2.05) is 0 Å². The minimum absolute atomic E-state index is 0.286. The molecule has 2 bridgehead atoms. The van der Waals surface area contributed by atoms with Crippen molar-refractivity contribution in [3.63, 3.8) is 0 Å². The Balaban J connectivity index is 1.75. The number of aliphatic imine (C=N–C) groups is 1. The van der Waals surface area contributed by atoms with Gasteiger partial charge < -0.3 is 20.3 Å². The van der Waals surface area contributed by atoms with Crippen molar-refractivity contribution in [3.05, 3.63) is 17.5 Å². The summed E-state index contributed by atoms with van der Waals surface area (Å²) in [7, 11) is 0. The highest BCUT2D eigenvalue weighted by atomic mass is 32.1. The van der Waals surface area contributed by atoms with Crippen LogP contribution in [0.25, 0.3) is 0 Å². The smallest absolute Gasteiger partial charge is 0.277 e. The SMILES string of the molecule is CC(O)C[C@@H](O)[C@@H](S)Cc1c[nH]c2c1N1C=NC2(O)N1. The van der Waals surface area contributed by atoms with Crippen molar-refractivity contribution < 1.29 is 15.3 Å². The van der Waals surface area contributed by atoms with Gasteiger partial charge in [-0.1, -0.05) is 0 Å². The number of H-pyrrole nitrogens is 1. The molecule has 3 rings (SSSR count). The van der Waals surface area contributed by atoms with Crippen LogP contribution < -0.4 is 10.4 Å². The van der Waals surface area contributed by atoms with Gasteiger partial charge in [-0.3, -0.25) is 5.01 Å². The number of rotatable bonds is 5. The van der Waals surface area contributed by atoms with E-state index in [1.165, 1.54) is 6.34 Å². The van der Waals surface area contributed by atoms with Crippen LogP contribution in [0, 0.1) is 0 Å². The third kappa shape index (κ3) is 2.13. The first-order valence-corrected chi connectivity index (χ1v) is 7.02. The molecule has 0 radical (unpaired) electrons. The maximum absolute atomic E-state index is 10.2. The number of hydrogen-bond acceptors (Lipinski definition) is 7. The quantitative estimate of drug-likeness (QED) is 0.410. The van der Waals surface area contributed by atoms with Crippen molar-refractivity contribution in [2.75, 3.05) is 5.01 Å². The van der Waals surface area contributed by atoms with Crippen molar-refractivity contribution >= 4 is 24.7 Å². The number of hydrazine groups is 1. The second-order valence-electron chi connectivity index (χ2n) is 5.36. The lowest BCUT2D eigenvalue weighted by Crippen LogP contribution is -2.38. The topological polar surface area (TPSA) is 104 Å². The fraction of sp³-hybridized carbons (Fsp3) is 0.583. The Kier molecular flexibility index (Phi) is 3.30. The lowest BCUT2D eigenvalue weighted by molar-refractivity contribution is 0.0271. The van der Waals surface area contributed by atoms with E-state index in [4.69, 9.17) is 0 Å². The Labute approximate surface area is 121 Å². The molecule has 110 valence electrons. The number of aliphatic hydroxyl groups is 3. The van der Waals surface area contributed by atoms with Crippen LogP contribution in [0.15, 0.2) is 11.2 Å². The molecule has 1 aromatic rings. The number of hydrogen-bond donors (Lipinski definition) is 6. The average molecular weight is 298 g/mol. The summed E-state index contributed by atoms with van der Waals surface area (Å²) in [5, 5.41) is 30.8. The molecule has 4 atom stereocenters. The van der Waals surface area contributed by atoms with Crippen LogP contribution >= 0.6 is 12.6 Å². The number of thiol groups is 1. The fourth-order valence-corrected chi connectivity index (χ4v) is 2.94. The molecular formula is C12H18N4O3S. The Bertz CT molecular complexity index is 547. The highest BCUT2D eigenvalue weighted by Crippen LogP contribution is 2.41. The first-order valence-electron chi connectivity index (χ1n) is 6.50. The van der Waals surface area contributed by atoms with Gasteiger partial charge in [0, 0.05) is 17.9 Å². The standard InChI is InChI=1S/C12H18N4O3S/c1-6(17)2-8(18)9(20)3-7-4-13-11-10(7)16-5-14-12(11,19)15-16/h4-6,8-9,13,15,17-20H,2-3H2,1H3/t6?,8-,9+,12?/m1/s1. The van der Waals surface area contributed by atoms with Gasteiger partial charge >= 0.3 is 0 Å². The molecule has 5 N–H and O–H groups in total. The molecule has 0 amide bonds. The van der Waals surface area contributed by atoms with Gasteiger partial charge in [0.25, 0.3) is 5.85 Å². The maximum atomic E-state index is 10.2. The van der Waals surface area contributed by atoms with Gasteiger partial charge in [-0.05, 0) is 18.9 Å². The number of aromatic amines is 1. The fourth-order valence-electron chi connectivity index (χ4n) is 2.62. The van der Waals surface area contributed by atoms with Crippen molar-refractivity contribution in [1.29, 1.82) is 0 Å². The van der Waals surface area contributed by atoms with Crippen molar-refractivity contribution in [2.45, 2.75) is 43.1 Å². The molecule has 0 aliphatic carbocycles. The van der Waals surface area contributed by atoms with E-state index in [1.54, 1.807) is 18.1 Å². The highest BCUT2D eigenvalue weighted by molar-refractivity contribution is 7.81. The molecule has 20 heavy (non-hydrogen) atoms. The zero-order valence-electron chi connectivity index (χ0n) is 11.0. The normalized spacial score (nSPS) is 27.8. The number of fused-ring (bicyclic) bond motifs is 5. The molecule has 8 heteroatoms. The van der Waals surface area contributed by atoms with Gasteiger partial charge in [0.05, 0.1) is 17.9 Å². The van der Waals surface area contributed by atoms with E-state index >= 15 is 0 Å². The van der Waals surface area contributed by atoms with E-state index in [2.05, 4.69) is 28.0 Å². The molecule has 0 fully saturated rings. The third-order valence-electron chi connectivity index (χ3n) is 3.61. The van der Waals surface area contributed by atoms with Crippen LogP contribution in [-0.4, -0.2) is 44.1 Å². The van der Waals surface area contributed by atoms with Crippen molar-refractivity contribution in [1.82, 2.24) is 10.4 Å². The maximum Gasteiger partial charge on any atom is 0.277 e. The molecule has 3 heterocycles. The molecular weight excluding hydrogens is 280 g/mol. The summed E-state index contributed by atoms with van der Waals surface area (Å²) < 4.78 is 0. The van der Waals surface area contributed by atoms with E-state index in [0.717, 1.165) is 11.3 Å².